The summed E-state index contributed by atoms with van der Waals surface area (Å²) in [5.41, 5.74) is 2.21. The second-order valence-electron chi connectivity index (χ2n) is 9.56. The van der Waals surface area contributed by atoms with Crippen LogP contribution in [0.5, 0.6) is 11.5 Å². The van der Waals surface area contributed by atoms with Crippen molar-refractivity contribution in [1.29, 1.82) is 0 Å². The molecule has 1 atom stereocenters. The number of nitrogens with zero attached hydrogens (tertiary/aromatic N) is 2. The van der Waals surface area contributed by atoms with E-state index in [2.05, 4.69) is 5.32 Å². The van der Waals surface area contributed by atoms with E-state index < -0.39 is 28.5 Å². The van der Waals surface area contributed by atoms with Crippen molar-refractivity contribution >= 4 is 27.5 Å². The molecule has 0 aliphatic carbocycles. The smallest absolute Gasteiger partial charge is 0.244 e. The lowest BCUT2D eigenvalue weighted by atomic mass is 10.1. The van der Waals surface area contributed by atoms with Crippen LogP contribution in [0, 0.1) is 12.8 Å². The fourth-order valence-electron chi connectivity index (χ4n) is 3.83. The SMILES string of the molecule is CCS(=O)(=O)N(CC(=O)N(Cc1ccc(C)cc1)[C@H](C)C(=O)NCC(C)C)c1ccc2c(c1)OCCO2. The highest BCUT2D eigenvalue weighted by Crippen LogP contribution is 2.35. The molecule has 0 spiro atoms. The summed E-state index contributed by atoms with van der Waals surface area (Å²) >= 11 is 0. The van der Waals surface area contributed by atoms with Crippen LogP contribution >= 0.6 is 0 Å². The molecule has 1 aliphatic heterocycles. The molecule has 10 heteroatoms. The van der Waals surface area contributed by atoms with Gasteiger partial charge in [0.2, 0.25) is 21.8 Å². The van der Waals surface area contributed by atoms with E-state index in [9.17, 15) is 18.0 Å². The van der Waals surface area contributed by atoms with Crippen molar-refractivity contribution in [3.8, 4) is 11.5 Å². The van der Waals surface area contributed by atoms with Gasteiger partial charge in [-0.15, -0.1) is 0 Å². The average molecular weight is 532 g/mol. The predicted octanol–water partition coefficient (Wildman–Crippen LogP) is 3.11. The van der Waals surface area contributed by atoms with Gasteiger partial charge in [0.05, 0.1) is 11.4 Å². The number of anilines is 1. The molecule has 2 amide bonds. The zero-order valence-corrected chi connectivity index (χ0v) is 23.0. The number of aryl methyl sites for hydroxylation is 1. The van der Waals surface area contributed by atoms with Gasteiger partial charge < -0.3 is 19.7 Å². The Morgan fingerprint density at radius 1 is 1.00 bits per heavy atom. The molecule has 1 aliphatic rings. The van der Waals surface area contributed by atoms with Gasteiger partial charge in [-0.2, -0.15) is 0 Å². The molecule has 37 heavy (non-hydrogen) atoms. The van der Waals surface area contributed by atoms with Crippen molar-refractivity contribution in [2.75, 3.05) is 36.4 Å². The van der Waals surface area contributed by atoms with Gasteiger partial charge in [-0.1, -0.05) is 43.7 Å². The third-order valence-corrected chi connectivity index (χ3v) is 7.86. The van der Waals surface area contributed by atoms with Crippen LogP contribution < -0.4 is 19.1 Å². The Labute approximate surface area is 219 Å². The molecule has 0 saturated heterocycles. The summed E-state index contributed by atoms with van der Waals surface area (Å²) in [4.78, 5) is 28.1. The maximum atomic E-state index is 13.7. The summed E-state index contributed by atoms with van der Waals surface area (Å²) in [6.07, 6.45) is 0. The van der Waals surface area contributed by atoms with Crippen molar-refractivity contribution in [3.63, 3.8) is 0 Å². The molecule has 0 saturated carbocycles. The average Bonchev–Trinajstić information content (AvgIpc) is 2.89. The Morgan fingerprint density at radius 3 is 2.27 bits per heavy atom. The molecule has 0 unspecified atom stereocenters. The summed E-state index contributed by atoms with van der Waals surface area (Å²) in [7, 11) is -3.83. The zero-order valence-electron chi connectivity index (χ0n) is 22.2. The third kappa shape index (κ3) is 7.38. The number of amides is 2. The molecule has 2 aromatic carbocycles. The minimum Gasteiger partial charge on any atom is -0.486 e. The number of rotatable bonds is 11. The zero-order chi connectivity index (χ0) is 27.2. The van der Waals surface area contributed by atoms with Gasteiger partial charge in [0, 0.05) is 19.2 Å². The molecule has 202 valence electrons. The molecule has 0 fully saturated rings. The number of benzene rings is 2. The first-order valence-electron chi connectivity index (χ1n) is 12.5. The number of sulfonamides is 1. The number of hydrogen-bond donors (Lipinski definition) is 1. The molecular weight excluding hydrogens is 494 g/mol. The highest BCUT2D eigenvalue weighted by Gasteiger charge is 2.31. The number of ether oxygens (including phenoxy) is 2. The van der Waals surface area contributed by atoms with Crippen LogP contribution in [0.4, 0.5) is 5.69 Å². The number of nitrogens with one attached hydrogen (secondary N) is 1. The van der Waals surface area contributed by atoms with Crippen LogP contribution in [0.2, 0.25) is 0 Å². The number of fused-ring (bicyclic) bond motifs is 1. The molecule has 1 heterocycles. The van der Waals surface area contributed by atoms with Gasteiger partial charge in [-0.05, 0) is 44.4 Å². The Hall–Kier alpha value is -3.27. The highest BCUT2D eigenvalue weighted by molar-refractivity contribution is 7.92. The summed E-state index contributed by atoms with van der Waals surface area (Å²) in [6, 6.07) is 11.7. The molecule has 0 radical (unpaired) electrons. The van der Waals surface area contributed by atoms with Crippen LogP contribution in [0.15, 0.2) is 42.5 Å². The van der Waals surface area contributed by atoms with Gasteiger partial charge in [-0.3, -0.25) is 13.9 Å². The van der Waals surface area contributed by atoms with Gasteiger partial charge in [0.25, 0.3) is 0 Å². The van der Waals surface area contributed by atoms with E-state index in [0.717, 1.165) is 15.4 Å². The lowest BCUT2D eigenvalue weighted by molar-refractivity contribution is -0.139. The molecular formula is C27H37N3O6S. The lowest BCUT2D eigenvalue weighted by Gasteiger charge is -2.32. The monoisotopic (exact) mass is 531 g/mol. The first-order valence-corrected chi connectivity index (χ1v) is 14.2. The van der Waals surface area contributed by atoms with E-state index >= 15 is 0 Å². The van der Waals surface area contributed by atoms with E-state index in [-0.39, 0.29) is 24.1 Å². The van der Waals surface area contributed by atoms with Crippen molar-refractivity contribution in [2.24, 2.45) is 5.92 Å². The fourth-order valence-corrected chi connectivity index (χ4v) is 4.89. The topological polar surface area (TPSA) is 105 Å². The van der Waals surface area contributed by atoms with Crippen LogP contribution in [-0.4, -0.2) is 63.2 Å². The van der Waals surface area contributed by atoms with Gasteiger partial charge >= 0.3 is 0 Å². The summed E-state index contributed by atoms with van der Waals surface area (Å²) in [5.74, 6) is 0.213. The third-order valence-electron chi connectivity index (χ3n) is 6.12. The van der Waals surface area contributed by atoms with Crippen LogP contribution in [0.3, 0.4) is 0 Å². The summed E-state index contributed by atoms with van der Waals surface area (Å²) in [5, 5.41) is 2.88. The number of carbonyl (C=O) groups is 2. The van der Waals surface area contributed by atoms with Gasteiger partial charge in [-0.25, -0.2) is 8.42 Å². The molecule has 0 aromatic heterocycles. The molecule has 1 N–H and O–H groups in total. The van der Waals surface area contributed by atoms with Crippen LogP contribution in [0.25, 0.3) is 0 Å². The Bertz CT molecular complexity index is 1200. The Kier molecular flexibility index (Phi) is 9.42. The van der Waals surface area contributed by atoms with Gasteiger partial charge in [0.15, 0.2) is 11.5 Å². The molecule has 9 nitrogen and oxygen atoms in total. The lowest BCUT2D eigenvalue weighted by Crippen LogP contribution is -2.51. The number of hydrogen-bond acceptors (Lipinski definition) is 6. The Morgan fingerprint density at radius 2 is 1.65 bits per heavy atom. The van der Waals surface area contributed by atoms with Crippen LogP contribution in [-0.2, 0) is 26.2 Å². The minimum absolute atomic E-state index is 0.163. The summed E-state index contributed by atoms with van der Waals surface area (Å²) in [6.45, 7) is 10.1. The molecule has 0 bridgehead atoms. The van der Waals surface area contributed by atoms with E-state index in [1.54, 1.807) is 25.1 Å². The maximum Gasteiger partial charge on any atom is 0.244 e. The fraction of sp³-hybridized carbons (Fsp3) is 0.481. The highest BCUT2D eigenvalue weighted by atomic mass is 32.2. The first-order chi connectivity index (χ1) is 17.5. The summed E-state index contributed by atoms with van der Waals surface area (Å²) < 4.78 is 38.5. The predicted molar refractivity (Wildman–Crippen MR) is 143 cm³/mol. The molecule has 3 rings (SSSR count). The largest absolute Gasteiger partial charge is 0.486 e. The first kappa shape index (κ1) is 28.3. The van der Waals surface area contributed by atoms with Crippen molar-refractivity contribution in [1.82, 2.24) is 10.2 Å². The van der Waals surface area contributed by atoms with Crippen molar-refractivity contribution in [2.45, 2.75) is 47.2 Å². The van der Waals surface area contributed by atoms with E-state index in [1.165, 1.54) is 11.8 Å². The van der Waals surface area contributed by atoms with E-state index in [1.807, 2.05) is 45.0 Å². The van der Waals surface area contributed by atoms with Crippen molar-refractivity contribution < 1.29 is 27.5 Å². The quantitative estimate of drug-likeness (QED) is 0.478. The standard InChI is InChI=1S/C27H37N3O6S/c1-6-37(33,34)30(23-11-12-24-25(15-23)36-14-13-35-24)18-26(31)29(17-22-9-7-20(4)8-10-22)21(5)27(32)28-16-19(2)3/h7-12,15,19,21H,6,13-14,16-18H2,1-5H3,(H,28,32)/t21-/m1/s1. The normalized spacial score (nSPS) is 13.7. The molecule has 2 aromatic rings. The van der Waals surface area contributed by atoms with E-state index in [0.29, 0.717) is 36.9 Å². The Balaban J connectivity index is 1.92. The van der Waals surface area contributed by atoms with Crippen LogP contribution in [0.1, 0.15) is 38.8 Å². The second kappa shape index (κ2) is 12.3. The van der Waals surface area contributed by atoms with Crippen molar-refractivity contribution in [3.05, 3.63) is 53.6 Å². The number of carbonyl (C=O) groups excluding carboxylic acids is 2. The minimum atomic E-state index is -3.83. The maximum absolute atomic E-state index is 13.7. The van der Waals surface area contributed by atoms with E-state index in [4.69, 9.17) is 9.47 Å². The second-order valence-corrected chi connectivity index (χ2v) is 11.7. The van der Waals surface area contributed by atoms with Gasteiger partial charge in [0.1, 0.15) is 25.8 Å².